The van der Waals surface area contributed by atoms with Gasteiger partial charge in [0.2, 0.25) is 0 Å². The van der Waals surface area contributed by atoms with Crippen LogP contribution in [0.15, 0.2) is 36.5 Å². The van der Waals surface area contributed by atoms with Gasteiger partial charge < -0.3 is 14.9 Å². The van der Waals surface area contributed by atoms with Gasteiger partial charge in [-0.25, -0.2) is 4.98 Å². The van der Waals surface area contributed by atoms with E-state index in [9.17, 15) is 0 Å². The Labute approximate surface area is 182 Å². The van der Waals surface area contributed by atoms with Gasteiger partial charge in [-0.15, -0.1) is 0 Å². The van der Waals surface area contributed by atoms with Crippen molar-refractivity contribution in [1.29, 1.82) is 0 Å². The van der Waals surface area contributed by atoms with Crippen LogP contribution in [0.1, 0.15) is 36.8 Å². The number of aromatic nitrogens is 3. The molecular formula is C25H29ClN4. The van der Waals surface area contributed by atoms with Crippen molar-refractivity contribution in [2.45, 2.75) is 46.1 Å². The maximum absolute atomic E-state index is 6.74. The van der Waals surface area contributed by atoms with Crippen LogP contribution < -0.4 is 5.32 Å². The Balaban J connectivity index is 1.40. The highest BCUT2D eigenvalue weighted by Crippen LogP contribution is 2.33. The maximum atomic E-state index is 6.74. The molecule has 2 aromatic carbocycles. The van der Waals surface area contributed by atoms with Gasteiger partial charge in [0.1, 0.15) is 5.82 Å². The Morgan fingerprint density at radius 3 is 2.80 bits per heavy atom. The van der Waals surface area contributed by atoms with Crippen LogP contribution >= 0.6 is 11.6 Å². The molecule has 0 atom stereocenters. The number of nitrogens with zero attached hydrogens (tertiary/aromatic N) is 2. The number of imidazole rings is 1. The summed E-state index contributed by atoms with van der Waals surface area (Å²) < 4.78 is 2.35. The van der Waals surface area contributed by atoms with E-state index in [0.717, 1.165) is 39.9 Å². The van der Waals surface area contributed by atoms with Crippen molar-refractivity contribution in [2.75, 3.05) is 13.1 Å². The molecule has 4 nitrogen and oxygen atoms in total. The topological polar surface area (TPSA) is 45.6 Å². The second kappa shape index (κ2) is 8.09. The Morgan fingerprint density at radius 2 is 1.97 bits per heavy atom. The fraction of sp³-hybridized carbons (Fsp3) is 0.400. The number of rotatable bonds is 5. The molecule has 0 unspecified atom stereocenters. The normalized spacial score (nSPS) is 15.4. The van der Waals surface area contributed by atoms with Gasteiger partial charge in [0.05, 0.1) is 16.1 Å². The number of aromatic amines is 1. The quantitative estimate of drug-likeness (QED) is 0.401. The van der Waals surface area contributed by atoms with Gasteiger partial charge in [0, 0.05) is 29.2 Å². The van der Waals surface area contributed by atoms with Crippen molar-refractivity contribution >= 4 is 33.5 Å². The van der Waals surface area contributed by atoms with E-state index in [2.05, 4.69) is 65.2 Å². The third-order valence-corrected chi connectivity index (χ3v) is 7.08. The molecule has 156 valence electrons. The number of nitrogens with one attached hydrogen (secondary N) is 2. The van der Waals surface area contributed by atoms with Gasteiger partial charge in [-0.3, -0.25) is 0 Å². The monoisotopic (exact) mass is 420 g/mol. The van der Waals surface area contributed by atoms with Gasteiger partial charge in [-0.1, -0.05) is 17.7 Å². The number of fused-ring (bicyclic) bond motifs is 2. The fourth-order valence-electron chi connectivity index (χ4n) is 4.75. The fourth-order valence-corrected chi connectivity index (χ4v) is 5.00. The Bertz CT molecular complexity index is 1200. The van der Waals surface area contributed by atoms with Crippen molar-refractivity contribution in [1.82, 2.24) is 19.9 Å². The molecule has 0 saturated carbocycles. The van der Waals surface area contributed by atoms with E-state index in [1.807, 2.05) is 0 Å². The van der Waals surface area contributed by atoms with Crippen molar-refractivity contribution in [3.05, 3.63) is 52.7 Å². The van der Waals surface area contributed by atoms with Gasteiger partial charge in [0.25, 0.3) is 0 Å². The summed E-state index contributed by atoms with van der Waals surface area (Å²) in [4.78, 5) is 8.32. The minimum atomic E-state index is 0.745. The lowest BCUT2D eigenvalue weighted by molar-refractivity contribution is 0.341. The minimum Gasteiger partial charge on any atom is -0.347 e. The van der Waals surface area contributed by atoms with Crippen LogP contribution in [0.4, 0.5) is 0 Å². The lowest BCUT2D eigenvalue weighted by Gasteiger charge is -2.22. The standard InChI is InChI=1S/C25H29ClN4/c1-16-5-6-22-24(17(16)2)29-25(28-22)20-14-19-9-13-30(23(19)15-21(20)26)12-3-4-18-7-10-27-11-8-18/h5-6,9,13-15,18,27H,3-4,7-8,10-12H2,1-2H3,(H,28,29). The number of halogens is 1. The maximum Gasteiger partial charge on any atom is 0.140 e. The molecule has 30 heavy (non-hydrogen) atoms. The Morgan fingerprint density at radius 1 is 1.13 bits per heavy atom. The first-order valence-corrected chi connectivity index (χ1v) is 11.4. The first-order chi connectivity index (χ1) is 14.6. The molecule has 2 N–H and O–H groups in total. The molecular weight excluding hydrogens is 392 g/mol. The second-order valence-corrected chi connectivity index (χ2v) is 9.13. The molecule has 0 aliphatic carbocycles. The van der Waals surface area contributed by atoms with Crippen molar-refractivity contribution in [3.8, 4) is 11.4 Å². The number of H-pyrrole nitrogens is 1. The highest BCUT2D eigenvalue weighted by molar-refractivity contribution is 6.34. The zero-order chi connectivity index (χ0) is 20.7. The van der Waals surface area contributed by atoms with Crippen molar-refractivity contribution < 1.29 is 0 Å². The van der Waals surface area contributed by atoms with Crippen LogP contribution in [-0.2, 0) is 6.54 Å². The summed E-state index contributed by atoms with van der Waals surface area (Å²) in [6.07, 6.45) is 7.36. The third-order valence-electron chi connectivity index (χ3n) is 6.76. The van der Waals surface area contributed by atoms with Crippen LogP contribution in [0, 0.1) is 19.8 Å². The van der Waals surface area contributed by atoms with Crippen LogP contribution in [0.25, 0.3) is 33.3 Å². The molecule has 0 radical (unpaired) electrons. The Kier molecular flexibility index (Phi) is 5.30. The van der Waals surface area contributed by atoms with Crippen LogP contribution in [0.3, 0.4) is 0 Å². The van der Waals surface area contributed by atoms with Crippen molar-refractivity contribution in [2.24, 2.45) is 5.92 Å². The van der Waals surface area contributed by atoms with E-state index >= 15 is 0 Å². The first kappa shape index (κ1) is 19.7. The summed E-state index contributed by atoms with van der Waals surface area (Å²) in [7, 11) is 0. The highest BCUT2D eigenvalue weighted by Gasteiger charge is 2.15. The number of hydrogen-bond acceptors (Lipinski definition) is 2. The molecule has 0 amide bonds. The molecule has 5 rings (SSSR count). The van der Waals surface area contributed by atoms with Crippen LogP contribution in [0.5, 0.6) is 0 Å². The van der Waals surface area contributed by atoms with Gasteiger partial charge in [-0.05, 0) is 93.9 Å². The van der Waals surface area contributed by atoms with Crippen LogP contribution in [0.2, 0.25) is 5.02 Å². The molecule has 3 heterocycles. The predicted octanol–water partition coefficient (Wildman–Crippen LogP) is 6.23. The van der Waals surface area contributed by atoms with E-state index in [0.29, 0.717) is 0 Å². The molecule has 0 bridgehead atoms. The zero-order valence-electron chi connectivity index (χ0n) is 17.8. The SMILES string of the molecule is Cc1ccc2[nH]c(-c3cc4ccn(CCCC5CCNCC5)c4cc3Cl)nc2c1C. The molecule has 1 aliphatic rings. The molecule has 1 aliphatic heterocycles. The summed E-state index contributed by atoms with van der Waals surface area (Å²) >= 11 is 6.74. The minimum absolute atomic E-state index is 0.745. The summed E-state index contributed by atoms with van der Waals surface area (Å²) in [6, 6.07) is 10.7. The van der Waals surface area contributed by atoms with Crippen LogP contribution in [-0.4, -0.2) is 27.6 Å². The van der Waals surface area contributed by atoms with E-state index < -0.39 is 0 Å². The van der Waals surface area contributed by atoms with Gasteiger partial charge >= 0.3 is 0 Å². The molecule has 2 aromatic heterocycles. The molecule has 4 aromatic rings. The lowest BCUT2D eigenvalue weighted by atomic mass is 9.93. The van der Waals surface area contributed by atoms with Gasteiger partial charge in [-0.2, -0.15) is 0 Å². The Hall–Kier alpha value is -2.30. The zero-order valence-corrected chi connectivity index (χ0v) is 18.5. The number of aryl methyl sites for hydroxylation is 3. The van der Waals surface area contributed by atoms with Gasteiger partial charge in [0.15, 0.2) is 0 Å². The summed E-state index contributed by atoms with van der Waals surface area (Å²) in [5.41, 5.74) is 6.72. The number of hydrogen-bond donors (Lipinski definition) is 2. The first-order valence-electron chi connectivity index (χ1n) is 11.1. The largest absolute Gasteiger partial charge is 0.347 e. The smallest absolute Gasteiger partial charge is 0.140 e. The second-order valence-electron chi connectivity index (χ2n) is 8.72. The van der Waals surface area contributed by atoms with Crippen molar-refractivity contribution in [3.63, 3.8) is 0 Å². The highest BCUT2D eigenvalue weighted by atomic mass is 35.5. The summed E-state index contributed by atoms with van der Waals surface area (Å²) in [6.45, 7) is 7.64. The van der Waals surface area contributed by atoms with E-state index in [1.165, 1.54) is 60.8 Å². The predicted molar refractivity (Wildman–Crippen MR) is 126 cm³/mol. The molecule has 1 fully saturated rings. The lowest BCUT2D eigenvalue weighted by Crippen LogP contribution is -2.27. The number of piperidine rings is 1. The third kappa shape index (κ3) is 3.63. The number of benzene rings is 2. The average Bonchev–Trinajstić information content (AvgIpc) is 3.35. The molecule has 0 spiro atoms. The average molecular weight is 421 g/mol. The molecule has 1 saturated heterocycles. The molecule has 5 heteroatoms. The van der Waals surface area contributed by atoms with E-state index in [-0.39, 0.29) is 0 Å². The van der Waals surface area contributed by atoms with E-state index in [1.54, 1.807) is 0 Å². The van der Waals surface area contributed by atoms with E-state index in [4.69, 9.17) is 16.6 Å². The summed E-state index contributed by atoms with van der Waals surface area (Å²) in [5, 5.41) is 5.41. The summed E-state index contributed by atoms with van der Waals surface area (Å²) in [5.74, 6) is 1.72.